The molecule has 3 unspecified atom stereocenters. The lowest BCUT2D eigenvalue weighted by Gasteiger charge is -2.34. The predicted molar refractivity (Wildman–Crippen MR) is 117 cm³/mol. The van der Waals surface area contributed by atoms with E-state index >= 15 is 0 Å². The van der Waals surface area contributed by atoms with Gasteiger partial charge in [0.05, 0.1) is 22.8 Å². The molecule has 3 heterocycles. The number of carbonyl (C=O) groups excluding carboxylic acids is 2. The Kier molecular flexibility index (Phi) is 5.24. The van der Waals surface area contributed by atoms with Gasteiger partial charge in [-0.15, -0.1) is 0 Å². The van der Waals surface area contributed by atoms with E-state index in [-0.39, 0.29) is 41.5 Å². The van der Waals surface area contributed by atoms with Gasteiger partial charge in [-0.3, -0.25) is 9.69 Å². The summed E-state index contributed by atoms with van der Waals surface area (Å²) >= 11 is 5.97. The van der Waals surface area contributed by atoms with Gasteiger partial charge in [-0.05, 0) is 37.1 Å². The van der Waals surface area contributed by atoms with Crippen molar-refractivity contribution < 1.29 is 14.0 Å². The van der Waals surface area contributed by atoms with Crippen LogP contribution in [0.1, 0.15) is 23.6 Å². The van der Waals surface area contributed by atoms with Crippen molar-refractivity contribution in [1.82, 2.24) is 25.8 Å². The van der Waals surface area contributed by atoms with Gasteiger partial charge in [-0.25, -0.2) is 25.0 Å². The van der Waals surface area contributed by atoms with Crippen LogP contribution in [0.15, 0.2) is 54.9 Å². The van der Waals surface area contributed by atoms with Crippen LogP contribution in [0, 0.1) is 12.7 Å². The van der Waals surface area contributed by atoms with Crippen LogP contribution >= 0.6 is 11.6 Å². The SMILES string of the molecule is Cc1ccc(C2CC3C4NN(CC(=O)Nc5ccc(F)cc5Cl)C(=O)N4C=CN3N2)cc1. The van der Waals surface area contributed by atoms with Crippen molar-refractivity contribution in [3.05, 3.63) is 76.8 Å². The Morgan fingerprint density at radius 1 is 1.19 bits per heavy atom. The van der Waals surface area contributed by atoms with Crippen molar-refractivity contribution in [2.24, 2.45) is 0 Å². The third-order valence-corrected chi connectivity index (χ3v) is 6.23. The summed E-state index contributed by atoms with van der Waals surface area (Å²) in [6, 6.07) is 11.9. The molecule has 10 heteroatoms. The predicted octanol–water partition coefficient (Wildman–Crippen LogP) is 3.10. The van der Waals surface area contributed by atoms with E-state index in [2.05, 4.69) is 47.4 Å². The Bertz CT molecular complexity index is 1090. The quantitative estimate of drug-likeness (QED) is 0.659. The highest BCUT2D eigenvalue weighted by molar-refractivity contribution is 6.33. The minimum Gasteiger partial charge on any atom is -0.323 e. The second-order valence-electron chi connectivity index (χ2n) is 8.12. The normalized spacial score (nSPS) is 24.0. The molecule has 0 bridgehead atoms. The second kappa shape index (κ2) is 8.09. The number of halogens is 2. The number of hydrazine groups is 2. The van der Waals surface area contributed by atoms with Gasteiger partial charge in [0.15, 0.2) is 0 Å². The Hall–Kier alpha value is -3.14. The van der Waals surface area contributed by atoms with Gasteiger partial charge in [-0.2, -0.15) is 0 Å². The molecule has 2 saturated heterocycles. The Morgan fingerprint density at radius 3 is 2.72 bits per heavy atom. The minimum absolute atomic E-state index is 0.00476. The molecule has 166 valence electrons. The number of fused-ring (bicyclic) bond motifs is 3. The van der Waals surface area contributed by atoms with Gasteiger partial charge >= 0.3 is 6.03 Å². The fourth-order valence-electron chi connectivity index (χ4n) is 4.27. The maximum atomic E-state index is 13.2. The van der Waals surface area contributed by atoms with Crippen LogP contribution < -0.4 is 16.2 Å². The molecule has 32 heavy (non-hydrogen) atoms. The first-order chi connectivity index (χ1) is 15.4. The van der Waals surface area contributed by atoms with Crippen molar-refractivity contribution in [2.45, 2.75) is 31.6 Å². The lowest BCUT2D eigenvalue weighted by Crippen LogP contribution is -2.54. The highest BCUT2D eigenvalue weighted by atomic mass is 35.5. The number of urea groups is 1. The smallest absolute Gasteiger partial charge is 0.323 e. The van der Waals surface area contributed by atoms with Crippen molar-refractivity contribution in [1.29, 1.82) is 0 Å². The van der Waals surface area contributed by atoms with E-state index in [0.29, 0.717) is 0 Å². The van der Waals surface area contributed by atoms with Gasteiger partial charge in [0.25, 0.3) is 0 Å². The maximum Gasteiger partial charge on any atom is 0.340 e. The molecule has 0 aliphatic carbocycles. The molecule has 2 aromatic carbocycles. The van der Waals surface area contributed by atoms with Crippen molar-refractivity contribution in [3.8, 4) is 0 Å². The van der Waals surface area contributed by atoms with Crippen LogP contribution in [0.25, 0.3) is 0 Å². The molecule has 0 radical (unpaired) electrons. The maximum absolute atomic E-state index is 13.2. The molecule has 2 aromatic rings. The molecule has 2 fully saturated rings. The number of aryl methyl sites for hydroxylation is 1. The molecule has 0 saturated carbocycles. The van der Waals surface area contributed by atoms with Crippen LogP contribution in [-0.2, 0) is 4.79 Å². The molecule has 0 spiro atoms. The zero-order valence-corrected chi connectivity index (χ0v) is 18.0. The summed E-state index contributed by atoms with van der Waals surface area (Å²) in [6.45, 7) is 1.84. The van der Waals surface area contributed by atoms with Gasteiger partial charge in [0.2, 0.25) is 5.91 Å². The van der Waals surface area contributed by atoms with E-state index in [1.54, 1.807) is 11.1 Å². The largest absolute Gasteiger partial charge is 0.340 e. The number of nitrogens with zero attached hydrogens (tertiary/aromatic N) is 3. The third kappa shape index (κ3) is 3.79. The standard InChI is InChI=1S/C22H22ClFN6O2/c1-13-2-4-14(5-3-13)18-11-19-21-27-30(22(32)28(21)8-9-29(19)26-18)12-20(31)25-17-7-6-15(24)10-16(17)23/h2-10,18-19,21,26-27H,11-12H2,1H3,(H,25,31). The average molecular weight is 457 g/mol. The van der Waals surface area contributed by atoms with Gasteiger partial charge in [0.1, 0.15) is 18.5 Å². The Labute approximate surface area is 189 Å². The molecule has 3 amide bonds. The van der Waals surface area contributed by atoms with Gasteiger partial charge < -0.3 is 10.3 Å². The number of nitrogens with one attached hydrogen (secondary N) is 3. The van der Waals surface area contributed by atoms with Crippen molar-refractivity contribution in [3.63, 3.8) is 0 Å². The zero-order chi connectivity index (χ0) is 22.4. The average Bonchev–Trinajstić information content (AvgIpc) is 3.32. The number of hydrogen-bond acceptors (Lipinski definition) is 5. The minimum atomic E-state index is -0.494. The molecule has 3 aliphatic rings. The zero-order valence-electron chi connectivity index (χ0n) is 17.3. The highest BCUT2D eigenvalue weighted by Crippen LogP contribution is 2.34. The lowest BCUT2D eigenvalue weighted by atomic mass is 9.99. The van der Waals surface area contributed by atoms with Crippen LogP contribution in [0.3, 0.4) is 0 Å². The lowest BCUT2D eigenvalue weighted by molar-refractivity contribution is -0.117. The van der Waals surface area contributed by atoms with Crippen LogP contribution in [0.4, 0.5) is 14.9 Å². The summed E-state index contributed by atoms with van der Waals surface area (Å²) in [7, 11) is 0. The molecule has 3 atom stereocenters. The topological polar surface area (TPSA) is 80.0 Å². The van der Waals surface area contributed by atoms with E-state index in [1.807, 2.05) is 11.2 Å². The fourth-order valence-corrected chi connectivity index (χ4v) is 4.49. The molecular formula is C22H22ClFN6O2. The summed E-state index contributed by atoms with van der Waals surface area (Å²) in [5, 5.41) is 6.00. The molecular weight excluding hydrogens is 435 g/mol. The summed E-state index contributed by atoms with van der Waals surface area (Å²) < 4.78 is 13.2. The molecule has 0 aromatic heterocycles. The Morgan fingerprint density at radius 2 is 1.97 bits per heavy atom. The molecule has 8 nitrogen and oxygen atoms in total. The number of carbonyl (C=O) groups is 2. The first kappa shape index (κ1) is 20.7. The van der Waals surface area contributed by atoms with Crippen molar-refractivity contribution in [2.75, 3.05) is 11.9 Å². The van der Waals surface area contributed by atoms with E-state index in [9.17, 15) is 14.0 Å². The van der Waals surface area contributed by atoms with E-state index in [0.717, 1.165) is 12.5 Å². The highest BCUT2D eigenvalue weighted by Gasteiger charge is 2.48. The Balaban J connectivity index is 1.25. The van der Waals surface area contributed by atoms with E-state index in [4.69, 9.17) is 11.6 Å². The van der Waals surface area contributed by atoms with Gasteiger partial charge in [-0.1, -0.05) is 41.4 Å². The molecule has 5 rings (SSSR count). The summed E-state index contributed by atoms with van der Waals surface area (Å²) in [5.41, 5.74) is 9.31. The van der Waals surface area contributed by atoms with Crippen LogP contribution in [0.2, 0.25) is 5.02 Å². The molecule has 3 N–H and O–H groups in total. The number of anilines is 1. The molecule has 3 aliphatic heterocycles. The van der Waals surface area contributed by atoms with E-state index in [1.165, 1.54) is 28.3 Å². The number of rotatable bonds is 4. The summed E-state index contributed by atoms with van der Waals surface area (Å²) in [4.78, 5) is 26.9. The summed E-state index contributed by atoms with van der Waals surface area (Å²) in [5.74, 6) is -0.936. The first-order valence-electron chi connectivity index (χ1n) is 10.3. The van der Waals surface area contributed by atoms with Crippen LogP contribution in [-0.4, -0.2) is 45.6 Å². The number of hydrogen-bond donors (Lipinski definition) is 3. The van der Waals surface area contributed by atoms with Crippen molar-refractivity contribution >= 4 is 29.2 Å². The second-order valence-corrected chi connectivity index (χ2v) is 8.53. The third-order valence-electron chi connectivity index (χ3n) is 5.92. The fraction of sp³-hybridized carbons (Fsp3) is 0.273. The number of benzene rings is 2. The summed E-state index contributed by atoms with van der Waals surface area (Å²) in [6.07, 6.45) is 4.03. The van der Waals surface area contributed by atoms with Gasteiger partial charge in [0, 0.05) is 12.4 Å². The van der Waals surface area contributed by atoms with E-state index < -0.39 is 11.7 Å². The van der Waals surface area contributed by atoms with Crippen LogP contribution in [0.5, 0.6) is 0 Å². The monoisotopic (exact) mass is 456 g/mol. The first-order valence-corrected chi connectivity index (χ1v) is 10.7. The number of amides is 3.